The number of nitrogens with zero attached hydrogens (tertiary/aromatic N) is 2. The van der Waals surface area contributed by atoms with E-state index in [0.29, 0.717) is 13.0 Å². The van der Waals surface area contributed by atoms with Crippen molar-refractivity contribution in [1.29, 1.82) is 0 Å². The Morgan fingerprint density at radius 3 is 2.78 bits per heavy atom. The third kappa shape index (κ3) is 2.38. The third-order valence-electron chi connectivity index (χ3n) is 3.11. The quantitative estimate of drug-likeness (QED) is 0.891. The molecule has 2 aromatic rings. The number of aryl methyl sites for hydroxylation is 1. The maximum Gasteiger partial charge on any atom is 0.223 e. The maximum atomic E-state index is 11.6. The Morgan fingerprint density at radius 2 is 2.11 bits per heavy atom. The van der Waals surface area contributed by atoms with Crippen molar-refractivity contribution in [2.45, 2.75) is 19.6 Å². The summed E-state index contributed by atoms with van der Waals surface area (Å²) in [4.78, 5) is 13.2. The lowest BCUT2D eigenvalue weighted by Crippen LogP contribution is -2.22. The van der Waals surface area contributed by atoms with Crippen molar-refractivity contribution in [2.24, 2.45) is 0 Å². The monoisotopic (exact) mass is 246 g/mol. The lowest BCUT2D eigenvalue weighted by atomic mass is 10.1. The SMILES string of the molecule is CN(C)C(=O)CCn1ccc2cccc(CO)c21. The first-order valence-corrected chi connectivity index (χ1v) is 6.01. The van der Waals surface area contributed by atoms with Crippen LogP contribution in [0.3, 0.4) is 0 Å². The Balaban J connectivity index is 2.26. The highest BCUT2D eigenvalue weighted by Crippen LogP contribution is 2.20. The van der Waals surface area contributed by atoms with Gasteiger partial charge in [0.15, 0.2) is 0 Å². The molecule has 0 aliphatic carbocycles. The van der Waals surface area contributed by atoms with Gasteiger partial charge in [-0.3, -0.25) is 4.79 Å². The first-order chi connectivity index (χ1) is 8.63. The Hall–Kier alpha value is -1.81. The molecule has 4 nitrogen and oxygen atoms in total. The number of benzene rings is 1. The molecule has 1 amide bonds. The third-order valence-corrected chi connectivity index (χ3v) is 3.11. The van der Waals surface area contributed by atoms with Crippen LogP contribution in [-0.4, -0.2) is 34.6 Å². The number of carbonyl (C=O) groups is 1. The Kier molecular flexibility index (Phi) is 3.67. The number of amides is 1. The molecule has 96 valence electrons. The summed E-state index contributed by atoms with van der Waals surface area (Å²) in [5.74, 6) is 0.110. The first-order valence-electron chi connectivity index (χ1n) is 6.01. The highest BCUT2D eigenvalue weighted by molar-refractivity contribution is 5.83. The summed E-state index contributed by atoms with van der Waals surface area (Å²) in [5, 5.41) is 10.5. The van der Waals surface area contributed by atoms with E-state index in [9.17, 15) is 9.90 Å². The van der Waals surface area contributed by atoms with Crippen molar-refractivity contribution in [2.75, 3.05) is 14.1 Å². The van der Waals surface area contributed by atoms with Crippen LogP contribution in [0.25, 0.3) is 10.9 Å². The highest BCUT2D eigenvalue weighted by Gasteiger charge is 2.08. The summed E-state index contributed by atoms with van der Waals surface area (Å²) in [6.45, 7) is 0.653. The van der Waals surface area contributed by atoms with Gasteiger partial charge in [-0.05, 0) is 11.5 Å². The minimum absolute atomic E-state index is 0.0168. The average Bonchev–Trinajstić information content (AvgIpc) is 2.78. The van der Waals surface area contributed by atoms with Crippen molar-refractivity contribution in [3.8, 4) is 0 Å². The van der Waals surface area contributed by atoms with Gasteiger partial charge in [-0.15, -0.1) is 0 Å². The number of rotatable bonds is 4. The summed E-state index contributed by atoms with van der Waals surface area (Å²) in [7, 11) is 3.52. The second-order valence-corrected chi connectivity index (χ2v) is 4.56. The molecule has 0 aliphatic heterocycles. The van der Waals surface area contributed by atoms with Crippen LogP contribution in [0.2, 0.25) is 0 Å². The topological polar surface area (TPSA) is 45.5 Å². The van der Waals surface area contributed by atoms with Gasteiger partial charge in [0, 0.05) is 38.8 Å². The molecule has 4 heteroatoms. The van der Waals surface area contributed by atoms with Crippen molar-refractivity contribution < 1.29 is 9.90 Å². The molecular formula is C14H18N2O2. The molecule has 1 aromatic carbocycles. The molecule has 0 atom stereocenters. The van der Waals surface area contributed by atoms with Crippen LogP contribution < -0.4 is 0 Å². The zero-order chi connectivity index (χ0) is 13.1. The van der Waals surface area contributed by atoms with Gasteiger partial charge >= 0.3 is 0 Å². The number of aliphatic hydroxyl groups excluding tert-OH is 1. The Bertz CT molecular complexity index is 558. The molecule has 2 rings (SSSR count). The van der Waals surface area contributed by atoms with Crippen molar-refractivity contribution in [3.63, 3.8) is 0 Å². The molecule has 0 unspecified atom stereocenters. The predicted octanol–water partition coefficient (Wildman–Crippen LogP) is 1.61. The maximum absolute atomic E-state index is 11.6. The number of carbonyl (C=O) groups excluding carboxylic acids is 1. The zero-order valence-electron chi connectivity index (χ0n) is 10.8. The normalized spacial score (nSPS) is 10.8. The lowest BCUT2D eigenvalue weighted by Gasteiger charge is -2.12. The smallest absolute Gasteiger partial charge is 0.223 e. The summed E-state index contributed by atoms with van der Waals surface area (Å²) in [6, 6.07) is 7.86. The van der Waals surface area contributed by atoms with E-state index < -0.39 is 0 Å². The molecular weight excluding hydrogens is 228 g/mol. The summed E-state index contributed by atoms with van der Waals surface area (Å²) in [6.07, 6.45) is 2.43. The van der Waals surface area contributed by atoms with Crippen LogP contribution in [0.5, 0.6) is 0 Å². The largest absolute Gasteiger partial charge is 0.392 e. The van der Waals surface area contributed by atoms with Crippen molar-refractivity contribution in [1.82, 2.24) is 9.47 Å². The molecule has 18 heavy (non-hydrogen) atoms. The standard InChI is InChI=1S/C14H18N2O2/c1-15(2)13(18)7-9-16-8-6-11-4-3-5-12(10-17)14(11)16/h3-6,8,17H,7,9-10H2,1-2H3. The van der Waals surface area contributed by atoms with Crippen LogP contribution in [0, 0.1) is 0 Å². The number of hydrogen-bond donors (Lipinski definition) is 1. The lowest BCUT2D eigenvalue weighted by molar-refractivity contribution is -0.128. The van der Waals surface area contributed by atoms with Crippen LogP contribution >= 0.6 is 0 Å². The van der Waals surface area contributed by atoms with Gasteiger partial charge in [-0.1, -0.05) is 18.2 Å². The fraction of sp³-hybridized carbons (Fsp3) is 0.357. The predicted molar refractivity (Wildman–Crippen MR) is 71.2 cm³/mol. The van der Waals surface area contributed by atoms with Crippen LogP contribution in [0.15, 0.2) is 30.5 Å². The summed E-state index contributed by atoms with van der Waals surface area (Å²) in [5.41, 5.74) is 1.92. The second-order valence-electron chi connectivity index (χ2n) is 4.56. The van der Waals surface area contributed by atoms with E-state index >= 15 is 0 Å². The van der Waals surface area contributed by atoms with E-state index in [1.54, 1.807) is 19.0 Å². The van der Waals surface area contributed by atoms with Gasteiger partial charge < -0.3 is 14.6 Å². The molecule has 0 saturated heterocycles. The van der Waals surface area contributed by atoms with E-state index in [0.717, 1.165) is 16.5 Å². The van der Waals surface area contributed by atoms with E-state index in [2.05, 4.69) is 0 Å². The molecule has 0 bridgehead atoms. The van der Waals surface area contributed by atoms with Gasteiger partial charge in [-0.25, -0.2) is 0 Å². The molecule has 0 fully saturated rings. The van der Waals surface area contributed by atoms with Gasteiger partial charge in [0.1, 0.15) is 0 Å². The number of para-hydroxylation sites is 1. The van der Waals surface area contributed by atoms with Crippen molar-refractivity contribution in [3.05, 3.63) is 36.0 Å². The van der Waals surface area contributed by atoms with E-state index in [1.165, 1.54) is 0 Å². The molecule has 0 spiro atoms. The number of hydrogen-bond acceptors (Lipinski definition) is 2. The van der Waals surface area contributed by atoms with Gasteiger partial charge in [0.25, 0.3) is 0 Å². The molecule has 1 aromatic heterocycles. The Labute approximate surface area is 106 Å². The zero-order valence-corrected chi connectivity index (χ0v) is 10.8. The number of aliphatic hydroxyl groups is 1. The van der Waals surface area contributed by atoms with Gasteiger partial charge in [0.2, 0.25) is 5.91 Å². The minimum Gasteiger partial charge on any atom is -0.392 e. The molecule has 0 aliphatic rings. The highest BCUT2D eigenvalue weighted by atomic mass is 16.3. The van der Waals surface area contributed by atoms with Crippen molar-refractivity contribution >= 4 is 16.8 Å². The van der Waals surface area contributed by atoms with E-state index in [1.807, 2.05) is 35.0 Å². The number of aromatic nitrogens is 1. The number of fused-ring (bicyclic) bond motifs is 1. The van der Waals surface area contributed by atoms with E-state index in [4.69, 9.17) is 0 Å². The second kappa shape index (κ2) is 5.23. The van der Waals surface area contributed by atoms with Crippen LogP contribution in [0.1, 0.15) is 12.0 Å². The average molecular weight is 246 g/mol. The van der Waals surface area contributed by atoms with Gasteiger partial charge in [0.05, 0.1) is 12.1 Å². The molecule has 1 heterocycles. The van der Waals surface area contributed by atoms with Crippen LogP contribution in [-0.2, 0) is 17.9 Å². The summed E-state index contributed by atoms with van der Waals surface area (Å²) >= 11 is 0. The molecule has 0 radical (unpaired) electrons. The Morgan fingerprint density at radius 1 is 1.33 bits per heavy atom. The molecule has 1 N–H and O–H groups in total. The molecule has 0 saturated carbocycles. The fourth-order valence-corrected chi connectivity index (χ4v) is 2.09. The van der Waals surface area contributed by atoms with Gasteiger partial charge in [-0.2, -0.15) is 0 Å². The van der Waals surface area contributed by atoms with Crippen LogP contribution in [0.4, 0.5) is 0 Å². The minimum atomic E-state index is 0.0168. The van der Waals surface area contributed by atoms with E-state index in [-0.39, 0.29) is 12.5 Å². The fourth-order valence-electron chi connectivity index (χ4n) is 2.09. The summed E-state index contributed by atoms with van der Waals surface area (Å²) < 4.78 is 2.03. The first kappa shape index (κ1) is 12.6.